The van der Waals surface area contributed by atoms with Gasteiger partial charge in [0.05, 0.1) is 19.6 Å². The lowest BCUT2D eigenvalue weighted by Gasteiger charge is -2.19. The lowest BCUT2D eigenvalue weighted by atomic mass is 9.95. The van der Waals surface area contributed by atoms with E-state index in [1.165, 1.54) is 0 Å². The average molecular weight is 275 g/mol. The SMILES string of the molecule is COc1ccc(C(O)C(O)CC(N)=O)c2ccccc12. The number of carbonyl (C=O) groups is 1. The Bertz CT molecular complexity index is 626. The van der Waals surface area contributed by atoms with Gasteiger partial charge in [0.15, 0.2) is 0 Å². The fourth-order valence-corrected chi connectivity index (χ4v) is 2.26. The number of fused-ring (bicyclic) bond motifs is 1. The van der Waals surface area contributed by atoms with Gasteiger partial charge in [-0.15, -0.1) is 0 Å². The van der Waals surface area contributed by atoms with Gasteiger partial charge in [-0.2, -0.15) is 0 Å². The van der Waals surface area contributed by atoms with Crippen molar-refractivity contribution in [2.24, 2.45) is 5.73 Å². The third-order valence-electron chi connectivity index (χ3n) is 3.23. The Kier molecular flexibility index (Phi) is 4.22. The number of hydrogen-bond acceptors (Lipinski definition) is 4. The molecule has 0 aliphatic rings. The summed E-state index contributed by atoms with van der Waals surface area (Å²) < 4.78 is 5.27. The third kappa shape index (κ3) is 2.74. The number of hydrogen-bond donors (Lipinski definition) is 3. The number of amides is 1. The number of aliphatic hydroxyl groups is 2. The van der Waals surface area contributed by atoms with Crippen LogP contribution in [0.5, 0.6) is 5.75 Å². The Morgan fingerprint density at radius 3 is 2.45 bits per heavy atom. The molecule has 2 aromatic carbocycles. The second-order valence-electron chi connectivity index (χ2n) is 4.59. The highest BCUT2D eigenvalue weighted by atomic mass is 16.5. The summed E-state index contributed by atoms with van der Waals surface area (Å²) in [5, 5.41) is 21.6. The lowest BCUT2D eigenvalue weighted by Crippen LogP contribution is -2.25. The van der Waals surface area contributed by atoms with Crippen LogP contribution in [-0.4, -0.2) is 29.3 Å². The maximum atomic E-state index is 10.8. The molecule has 0 bridgehead atoms. The summed E-state index contributed by atoms with van der Waals surface area (Å²) in [6, 6.07) is 10.8. The van der Waals surface area contributed by atoms with Crippen LogP contribution in [0.25, 0.3) is 10.8 Å². The first-order valence-corrected chi connectivity index (χ1v) is 6.24. The summed E-state index contributed by atoms with van der Waals surface area (Å²) in [4.78, 5) is 10.8. The Morgan fingerprint density at radius 1 is 1.20 bits per heavy atom. The van der Waals surface area contributed by atoms with E-state index in [0.717, 1.165) is 10.8 Å². The molecule has 0 aromatic heterocycles. The summed E-state index contributed by atoms with van der Waals surface area (Å²) in [6.07, 6.45) is -2.70. The fraction of sp³-hybridized carbons (Fsp3) is 0.267. The van der Waals surface area contributed by atoms with Crippen molar-refractivity contribution in [3.8, 4) is 5.75 Å². The molecule has 2 aromatic rings. The number of ether oxygens (including phenoxy) is 1. The van der Waals surface area contributed by atoms with Crippen molar-refractivity contribution in [1.82, 2.24) is 0 Å². The Hall–Kier alpha value is -2.11. The van der Waals surface area contributed by atoms with Gasteiger partial charge in [-0.25, -0.2) is 0 Å². The van der Waals surface area contributed by atoms with Crippen LogP contribution in [0.2, 0.25) is 0 Å². The first-order chi connectivity index (χ1) is 9.54. The van der Waals surface area contributed by atoms with Crippen LogP contribution in [0.3, 0.4) is 0 Å². The van der Waals surface area contributed by atoms with Crippen molar-refractivity contribution in [1.29, 1.82) is 0 Å². The normalized spacial score (nSPS) is 13.9. The highest BCUT2D eigenvalue weighted by Gasteiger charge is 2.22. The minimum absolute atomic E-state index is 0.290. The molecular weight excluding hydrogens is 258 g/mol. The molecule has 20 heavy (non-hydrogen) atoms. The standard InChI is InChI=1S/C15H17NO4/c1-20-13-7-6-11(9-4-2-3-5-10(9)13)15(19)12(17)8-14(16)18/h2-7,12,15,17,19H,8H2,1H3,(H2,16,18). The minimum atomic E-state index is -1.23. The van der Waals surface area contributed by atoms with E-state index < -0.39 is 18.1 Å². The minimum Gasteiger partial charge on any atom is -0.496 e. The van der Waals surface area contributed by atoms with E-state index in [1.807, 2.05) is 24.3 Å². The van der Waals surface area contributed by atoms with Crippen LogP contribution in [0.4, 0.5) is 0 Å². The molecule has 0 aliphatic heterocycles. The second-order valence-corrected chi connectivity index (χ2v) is 4.59. The van der Waals surface area contributed by atoms with Gasteiger partial charge >= 0.3 is 0 Å². The number of aliphatic hydroxyl groups excluding tert-OH is 2. The molecule has 0 fully saturated rings. The zero-order valence-corrected chi connectivity index (χ0v) is 11.1. The van der Waals surface area contributed by atoms with Gasteiger partial charge in [0.2, 0.25) is 5.91 Å². The zero-order chi connectivity index (χ0) is 14.7. The molecule has 0 heterocycles. The maximum absolute atomic E-state index is 10.8. The quantitative estimate of drug-likeness (QED) is 0.762. The summed E-state index contributed by atoms with van der Waals surface area (Å²) >= 11 is 0. The molecule has 4 N–H and O–H groups in total. The van der Waals surface area contributed by atoms with Crippen LogP contribution >= 0.6 is 0 Å². The van der Waals surface area contributed by atoms with Gasteiger partial charge in [-0.3, -0.25) is 4.79 Å². The largest absolute Gasteiger partial charge is 0.496 e. The molecule has 0 saturated heterocycles. The molecular formula is C15H17NO4. The zero-order valence-electron chi connectivity index (χ0n) is 11.1. The molecule has 2 unspecified atom stereocenters. The summed E-state index contributed by atoms with van der Waals surface area (Å²) in [5.41, 5.74) is 5.57. The Morgan fingerprint density at radius 2 is 1.85 bits per heavy atom. The van der Waals surface area contributed by atoms with E-state index >= 15 is 0 Å². The molecule has 1 amide bonds. The van der Waals surface area contributed by atoms with Crippen LogP contribution in [0, 0.1) is 0 Å². The van der Waals surface area contributed by atoms with E-state index in [0.29, 0.717) is 11.3 Å². The first-order valence-electron chi connectivity index (χ1n) is 6.24. The van der Waals surface area contributed by atoms with E-state index in [1.54, 1.807) is 19.2 Å². The predicted octanol–water partition coefficient (Wildman–Crippen LogP) is 1.12. The number of methoxy groups -OCH3 is 1. The fourth-order valence-electron chi connectivity index (χ4n) is 2.26. The predicted molar refractivity (Wildman–Crippen MR) is 75.3 cm³/mol. The Labute approximate surface area is 116 Å². The molecule has 106 valence electrons. The van der Waals surface area contributed by atoms with Gasteiger partial charge in [0.1, 0.15) is 11.9 Å². The third-order valence-corrected chi connectivity index (χ3v) is 3.23. The van der Waals surface area contributed by atoms with Gasteiger partial charge in [0.25, 0.3) is 0 Å². The van der Waals surface area contributed by atoms with Crippen molar-refractivity contribution >= 4 is 16.7 Å². The molecule has 0 aliphatic carbocycles. The number of rotatable bonds is 5. The number of primary amides is 1. The van der Waals surface area contributed by atoms with E-state index in [9.17, 15) is 15.0 Å². The average Bonchev–Trinajstić information content (AvgIpc) is 2.44. The van der Waals surface area contributed by atoms with Crippen molar-refractivity contribution in [2.75, 3.05) is 7.11 Å². The monoisotopic (exact) mass is 275 g/mol. The molecule has 2 rings (SSSR count). The van der Waals surface area contributed by atoms with Crippen LogP contribution in [0.15, 0.2) is 36.4 Å². The van der Waals surface area contributed by atoms with Crippen molar-refractivity contribution < 1.29 is 19.7 Å². The van der Waals surface area contributed by atoms with Gasteiger partial charge in [-0.05, 0) is 17.0 Å². The topological polar surface area (TPSA) is 92.8 Å². The molecule has 5 nitrogen and oxygen atoms in total. The van der Waals surface area contributed by atoms with E-state index in [2.05, 4.69) is 0 Å². The number of benzene rings is 2. The van der Waals surface area contributed by atoms with Crippen molar-refractivity contribution in [3.63, 3.8) is 0 Å². The first kappa shape index (κ1) is 14.3. The van der Waals surface area contributed by atoms with Crippen LogP contribution < -0.4 is 10.5 Å². The summed E-state index contributed by atoms with van der Waals surface area (Å²) in [5.74, 6) is 0.0234. The molecule has 2 atom stereocenters. The summed E-state index contributed by atoms with van der Waals surface area (Å²) in [7, 11) is 1.57. The van der Waals surface area contributed by atoms with Gasteiger partial charge < -0.3 is 20.7 Å². The number of carbonyl (C=O) groups excluding carboxylic acids is 1. The van der Waals surface area contributed by atoms with Crippen LogP contribution in [0.1, 0.15) is 18.1 Å². The number of nitrogens with two attached hydrogens (primary N) is 1. The van der Waals surface area contributed by atoms with E-state index in [4.69, 9.17) is 10.5 Å². The second kappa shape index (κ2) is 5.90. The molecule has 0 radical (unpaired) electrons. The molecule has 0 saturated carbocycles. The lowest BCUT2D eigenvalue weighted by molar-refractivity contribution is -0.121. The maximum Gasteiger partial charge on any atom is 0.220 e. The molecule has 5 heteroatoms. The highest BCUT2D eigenvalue weighted by molar-refractivity contribution is 5.91. The van der Waals surface area contributed by atoms with E-state index in [-0.39, 0.29) is 6.42 Å². The van der Waals surface area contributed by atoms with Crippen LogP contribution in [-0.2, 0) is 4.79 Å². The van der Waals surface area contributed by atoms with Crippen molar-refractivity contribution in [3.05, 3.63) is 42.0 Å². The summed E-state index contributed by atoms with van der Waals surface area (Å²) in [6.45, 7) is 0. The smallest absolute Gasteiger partial charge is 0.220 e. The van der Waals surface area contributed by atoms with Crippen molar-refractivity contribution in [2.45, 2.75) is 18.6 Å². The van der Waals surface area contributed by atoms with Gasteiger partial charge in [0, 0.05) is 5.39 Å². The van der Waals surface area contributed by atoms with Gasteiger partial charge in [-0.1, -0.05) is 30.3 Å². The molecule has 0 spiro atoms. The Balaban J connectivity index is 2.47. The highest BCUT2D eigenvalue weighted by Crippen LogP contribution is 2.33.